The van der Waals surface area contributed by atoms with Crippen molar-refractivity contribution in [2.24, 2.45) is 0 Å². The van der Waals surface area contributed by atoms with E-state index in [4.69, 9.17) is 0 Å². The molecular formula is C14H22N2O2S. The molecule has 0 aromatic heterocycles. The molecule has 1 unspecified atom stereocenters. The highest BCUT2D eigenvalue weighted by Gasteiger charge is 2.22. The van der Waals surface area contributed by atoms with Gasteiger partial charge in [0.15, 0.2) is 0 Å². The second-order valence-electron chi connectivity index (χ2n) is 5.14. The number of para-hydroxylation sites is 1. The van der Waals surface area contributed by atoms with Crippen molar-refractivity contribution in [2.75, 3.05) is 17.0 Å². The number of nitrogens with one attached hydrogen (secondary N) is 2. The van der Waals surface area contributed by atoms with Crippen LogP contribution in [0, 0.1) is 6.92 Å². The summed E-state index contributed by atoms with van der Waals surface area (Å²) in [5.74, 6) is 0.157. The quantitative estimate of drug-likeness (QED) is 0.869. The monoisotopic (exact) mass is 282 g/mol. The maximum absolute atomic E-state index is 12.2. The van der Waals surface area contributed by atoms with Gasteiger partial charge in [-0.25, -0.2) is 8.42 Å². The molecule has 19 heavy (non-hydrogen) atoms. The lowest BCUT2D eigenvalue weighted by molar-refractivity contribution is 0.581. The van der Waals surface area contributed by atoms with Gasteiger partial charge in [0.05, 0.1) is 11.4 Å². The fraction of sp³-hybridized carbons (Fsp3) is 0.571. The van der Waals surface area contributed by atoms with E-state index in [-0.39, 0.29) is 11.8 Å². The highest BCUT2D eigenvalue weighted by Crippen LogP contribution is 2.23. The number of benzene rings is 1. The molecule has 0 radical (unpaired) electrons. The van der Waals surface area contributed by atoms with Crippen molar-refractivity contribution in [3.05, 3.63) is 29.3 Å². The minimum absolute atomic E-state index is 0.0894. The van der Waals surface area contributed by atoms with Gasteiger partial charge in [0.1, 0.15) is 0 Å². The molecule has 2 N–H and O–H groups in total. The van der Waals surface area contributed by atoms with Crippen LogP contribution in [0.1, 0.15) is 30.9 Å². The Kier molecular flexibility index (Phi) is 4.47. The van der Waals surface area contributed by atoms with Gasteiger partial charge in [0, 0.05) is 6.04 Å². The highest BCUT2D eigenvalue weighted by atomic mass is 32.2. The second kappa shape index (κ2) is 5.92. The standard InChI is InChI=1S/C14H22N2O2S/c1-3-12-7-4-6-11(2)14(12)16-19(17,18)10-13-8-5-9-15-13/h4,6-7,13,15-16H,3,5,8-10H2,1-2H3. The first-order valence-electron chi connectivity index (χ1n) is 6.84. The van der Waals surface area contributed by atoms with Crippen LogP contribution in [0.3, 0.4) is 0 Å². The van der Waals surface area contributed by atoms with Crippen LogP contribution >= 0.6 is 0 Å². The zero-order valence-corrected chi connectivity index (χ0v) is 12.4. The zero-order chi connectivity index (χ0) is 13.9. The van der Waals surface area contributed by atoms with E-state index in [1.165, 1.54) is 0 Å². The van der Waals surface area contributed by atoms with E-state index in [2.05, 4.69) is 10.0 Å². The predicted molar refractivity (Wildman–Crippen MR) is 79.0 cm³/mol. The number of aryl methyl sites for hydroxylation is 2. The number of rotatable bonds is 5. The minimum Gasteiger partial charge on any atom is -0.313 e. The Balaban J connectivity index is 2.15. The molecule has 1 fully saturated rings. The second-order valence-corrected chi connectivity index (χ2v) is 6.91. The van der Waals surface area contributed by atoms with Crippen molar-refractivity contribution < 1.29 is 8.42 Å². The molecule has 1 aliphatic rings. The summed E-state index contributed by atoms with van der Waals surface area (Å²) in [4.78, 5) is 0. The van der Waals surface area contributed by atoms with Gasteiger partial charge in [-0.3, -0.25) is 4.72 Å². The van der Waals surface area contributed by atoms with E-state index in [1.54, 1.807) is 0 Å². The Morgan fingerprint density at radius 2 is 2.21 bits per heavy atom. The lowest BCUT2D eigenvalue weighted by Crippen LogP contribution is -2.33. The van der Waals surface area contributed by atoms with Gasteiger partial charge in [-0.2, -0.15) is 0 Å². The van der Waals surface area contributed by atoms with Crippen molar-refractivity contribution in [1.29, 1.82) is 0 Å². The molecule has 1 saturated heterocycles. The van der Waals surface area contributed by atoms with Crippen molar-refractivity contribution in [2.45, 2.75) is 39.2 Å². The number of sulfonamides is 1. The van der Waals surface area contributed by atoms with Crippen LogP contribution in [-0.2, 0) is 16.4 Å². The molecule has 5 heteroatoms. The summed E-state index contributed by atoms with van der Waals surface area (Å²) in [5.41, 5.74) is 2.77. The van der Waals surface area contributed by atoms with Crippen LogP contribution < -0.4 is 10.0 Å². The van der Waals surface area contributed by atoms with Crippen molar-refractivity contribution >= 4 is 15.7 Å². The zero-order valence-electron chi connectivity index (χ0n) is 11.6. The average molecular weight is 282 g/mol. The number of anilines is 1. The largest absolute Gasteiger partial charge is 0.313 e. The molecular weight excluding hydrogens is 260 g/mol. The third-order valence-corrected chi connectivity index (χ3v) is 4.94. The molecule has 1 aromatic carbocycles. The smallest absolute Gasteiger partial charge is 0.234 e. The van der Waals surface area contributed by atoms with Crippen LogP contribution in [0.15, 0.2) is 18.2 Å². The summed E-state index contributed by atoms with van der Waals surface area (Å²) >= 11 is 0. The van der Waals surface area contributed by atoms with Gasteiger partial charge in [0.2, 0.25) is 10.0 Å². The molecule has 0 aliphatic carbocycles. The van der Waals surface area contributed by atoms with Gasteiger partial charge in [0.25, 0.3) is 0 Å². The molecule has 4 nitrogen and oxygen atoms in total. The van der Waals surface area contributed by atoms with Crippen LogP contribution in [0.2, 0.25) is 0 Å². The van der Waals surface area contributed by atoms with Crippen molar-refractivity contribution in [3.63, 3.8) is 0 Å². The van der Waals surface area contributed by atoms with Gasteiger partial charge >= 0.3 is 0 Å². The Morgan fingerprint density at radius 3 is 2.84 bits per heavy atom. The normalized spacial score (nSPS) is 19.6. The van der Waals surface area contributed by atoms with E-state index >= 15 is 0 Å². The topological polar surface area (TPSA) is 58.2 Å². The predicted octanol–water partition coefficient (Wildman–Crippen LogP) is 2.05. The Morgan fingerprint density at radius 1 is 1.42 bits per heavy atom. The Bertz CT molecular complexity index is 534. The first kappa shape index (κ1) is 14.3. The Hall–Kier alpha value is -1.07. The fourth-order valence-electron chi connectivity index (χ4n) is 2.53. The molecule has 106 valence electrons. The van der Waals surface area contributed by atoms with Crippen LogP contribution in [0.25, 0.3) is 0 Å². The van der Waals surface area contributed by atoms with Crippen LogP contribution in [0.5, 0.6) is 0 Å². The van der Waals surface area contributed by atoms with E-state index in [0.29, 0.717) is 0 Å². The molecule has 0 bridgehead atoms. The van der Waals surface area contributed by atoms with Crippen LogP contribution in [0.4, 0.5) is 5.69 Å². The molecule has 1 heterocycles. The first-order valence-corrected chi connectivity index (χ1v) is 8.49. The average Bonchev–Trinajstić information content (AvgIpc) is 2.83. The minimum atomic E-state index is -3.29. The summed E-state index contributed by atoms with van der Waals surface area (Å²) in [6.07, 6.45) is 2.82. The van der Waals surface area contributed by atoms with Gasteiger partial charge in [-0.1, -0.05) is 25.1 Å². The molecule has 1 aliphatic heterocycles. The van der Waals surface area contributed by atoms with Crippen molar-refractivity contribution in [3.8, 4) is 0 Å². The summed E-state index contributed by atoms with van der Waals surface area (Å²) in [7, 11) is -3.29. The molecule has 1 atom stereocenters. The third-order valence-electron chi connectivity index (χ3n) is 3.58. The SMILES string of the molecule is CCc1cccc(C)c1NS(=O)(=O)CC1CCCN1. The maximum atomic E-state index is 12.2. The number of hydrogen-bond acceptors (Lipinski definition) is 3. The molecule has 1 aromatic rings. The summed E-state index contributed by atoms with van der Waals surface area (Å²) in [5, 5.41) is 3.22. The van der Waals surface area contributed by atoms with Gasteiger partial charge in [-0.15, -0.1) is 0 Å². The number of hydrogen-bond donors (Lipinski definition) is 2. The Labute approximate surface area is 115 Å². The van der Waals surface area contributed by atoms with Gasteiger partial charge in [-0.05, 0) is 43.9 Å². The molecule has 2 rings (SSSR count). The third kappa shape index (κ3) is 3.70. The van der Waals surface area contributed by atoms with E-state index in [9.17, 15) is 8.42 Å². The molecule has 0 amide bonds. The van der Waals surface area contributed by atoms with E-state index < -0.39 is 10.0 Å². The summed E-state index contributed by atoms with van der Waals surface area (Å²) in [6, 6.07) is 5.96. The lowest BCUT2D eigenvalue weighted by Gasteiger charge is -2.16. The van der Waals surface area contributed by atoms with Crippen LogP contribution in [-0.4, -0.2) is 26.8 Å². The maximum Gasteiger partial charge on any atom is 0.234 e. The van der Waals surface area contributed by atoms with Crippen molar-refractivity contribution in [1.82, 2.24) is 5.32 Å². The summed E-state index contributed by atoms with van der Waals surface area (Å²) in [6.45, 7) is 4.89. The fourth-order valence-corrected chi connectivity index (χ4v) is 4.03. The lowest BCUT2D eigenvalue weighted by atomic mass is 10.1. The van der Waals surface area contributed by atoms with E-state index in [0.717, 1.165) is 42.6 Å². The van der Waals surface area contributed by atoms with E-state index in [1.807, 2.05) is 32.0 Å². The molecule has 0 spiro atoms. The highest BCUT2D eigenvalue weighted by molar-refractivity contribution is 7.92. The first-order chi connectivity index (χ1) is 9.02. The summed E-state index contributed by atoms with van der Waals surface area (Å²) < 4.78 is 27.2. The molecule has 0 saturated carbocycles. The van der Waals surface area contributed by atoms with Gasteiger partial charge < -0.3 is 5.32 Å².